The Kier molecular flexibility index (Phi) is 5.55. The number of benzene rings is 1. The zero-order valence-corrected chi connectivity index (χ0v) is 13.8. The van der Waals surface area contributed by atoms with Crippen molar-refractivity contribution >= 4 is 17.9 Å². The number of aliphatic hydroxyl groups is 1. The quantitative estimate of drug-likeness (QED) is 0.874. The minimum absolute atomic E-state index is 0.0855. The molecule has 0 fully saturated rings. The van der Waals surface area contributed by atoms with Crippen molar-refractivity contribution in [1.82, 2.24) is 10.2 Å². The van der Waals surface area contributed by atoms with E-state index in [4.69, 9.17) is 0 Å². The largest absolute Gasteiger partial charge is 0.391 e. The van der Waals surface area contributed by atoms with Gasteiger partial charge in [0.05, 0.1) is 18.6 Å². The molecule has 0 aromatic heterocycles. The predicted molar refractivity (Wildman–Crippen MR) is 89.2 cm³/mol. The molecule has 5 heteroatoms. The van der Waals surface area contributed by atoms with Gasteiger partial charge in [0.1, 0.15) is 0 Å². The Bertz CT molecular complexity index is 610. The molecule has 5 nitrogen and oxygen atoms in total. The van der Waals surface area contributed by atoms with Gasteiger partial charge < -0.3 is 15.3 Å². The molecule has 124 valence electrons. The molecular formula is C18H24N2O3. The number of amides is 2. The van der Waals surface area contributed by atoms with Crippen LogP contribution in [0.1, 0.15) is 44.4 Å². The summed E-state index contributed by atoms with van der Waals surface area (Å²) in [5.41, 5.74) is 1.98. The Morgan fingerprint density at radius 1 is 1.30 bits per heavy atom. The van der Waals surface area contributed by atoms with E-state index in [9.17, 15) is 14.7 Å². The van der Waals surface area contributed by atoms with Crippen molar-refractivity contribution in [2.75, 3.05) is 6.54 Å². The molecule has 0 spiro atoms. The van der Waals surface area contributed by atoms with Gasteiger partial charge in [0.15, 0.2) is 0 Å². The molecule has 0 bridgehead atoms. The van der Waals surface area contributed by atoms with E-state index >= 15 is 0 Å². The number of hydrogen-bond acceptors (Lipinski definition) is 3. The molecule has 0 saturated heterocycles. The topological polar surface area (TPSA) is 69.6 Å². The minimum Gasteiger partial charge on any atom is -0.391 e. The third kappa shape index (κ3) is 4.20. The van der Waals surface area contributed by atoms with Crippen LogP contribution in [0.25, 0.3) is 6.08 Å². The van der Waals surface area contributed by atoms with Gasteiger partial charge in [0.25, 0.3) is 0 Å². The number of nitrogens with zero attached hydrogens (tertiary/aromatic N) is 1. The molecular weight excluding hydrogens is 292 g/mol. The molecule has 0 aliphatic carbocycles. The maximum absolute atomic E-state index is 12.2. The highest BCUT2D eigenvalue weighted by Crippen LogP contribution is 2.32. The Morgan fingerprint density at radius 2 is 2.00 bits per heavy atom. The number of fused-ring (bicyclic) bond motifs is 1. The third-order valence-electron chi connectivity index (χ3n) is 4.13. The first-order valence-electron chi connectivity index (χ1n) is 7.91. The van der Waals surface area contributed by atoms with Crippen molar-refractivity contribution in [1.29, 1.82) is 0 Å². The van der Waals surface area contributed by atoms with Crippen molar-refractivity contribution in [3.8, 4) is 0 Å². The van der Waals surface area contributed by atoms with Crippen LogP contribution in [-0.2, 0) is 9.59 Å². The Morgan fingerprint density at radius 3 is 2.65 bits per heavy atom. The molecule has 1 aromatic rings. The number of aliphatic hydroxyl groups excluding tert-OH is 1. The molecule has 1 aliphatic rings. The van der Waals surface area contributed by atoms with Gasteiger partial charge in [-0.05, 0) is 23.1 Å². The van der Waals surface area contributed by atoms with E-state index < -0.39 is 6.10 Å². The summed E-state index contributed by atoms with van der Waals surface area (Å²) < 4.78 is 0. The van der Waals surface area contributed by atoms with Crippen LogP contribution in [0.15, 0.2) is 30.5 Å². The summed E-state index contributed by atoms with van der Waals surface area (Å²) in [7, 11) is 0. The normalized spacial score (nSPS) is 17.8. The highest BCUT2D eigenvalue weighted by atomic mass is 16.3. The molecule has 1 aliphatic heterocycles. The minimum atomic E-state index is -0.568. The fourth-order valence-corrected chi connectivity index (χ4v) is 2.62. The summed E-state index contributed by atoms with van der Waals surface area (Å²) in [5, 5.41) is 12.5. The summed E-state index contributed by atoms with van der Waals surface area (Å²) in [5.74, 6) is -0.191. The molecule has 0 radical (unpaired) electrons. The van der Waals surface area contributed by atoms with E-state index in [2.05, 4.69) is 5.32 Å². The number of rotatable bonds is 5. The zero-order valence-electron chi connectivity index (χ0n) is 13.8. The monoisotopic (exact) mass is 316 g/mol. The second-order valence-electron chi connectivity index (χ2n) is 6.21. The highest BCUT2D eigenvalue weighted by Gasteiger charge is 2.28. The fourth-order valence-electron chi connectivity index (χ4n) is 2.62. The lowest BCUT2D eigenvalue weighted by molar-refractivity contribution is -0.130. The summed E-state index contributed by atoms with van der Waals surface area (Å²) in [6.07, 6.45) is 3.21. The Hall–Kier alpha value is -2.14. The molecule has 2 N–H and O–H groups in total. The van der Waals surface area contributed by atoms with Gasteiger partial charge in [0.2, 0.25) is 11.8 Å². The van der Waals surface area contributed by atoms with Gasteiger partial charge in [-0.25, -0.2) is 0 Å². The van der Waals surface area contributed by atoms with E-state index in [0.717, 1.165) is 11.1 Å². The lowest BCUT2D eigenvalue weighted by atomic mass is 9.93. The molecule has 2 atom stereocenters. The molecule has 2 rings (SSSR count). The number of carbonyl (C=O) groups is 2. The van der Waals surface area contributed by atoms with Crippen molar-refractivity contribution in [2.45, 2.75) is 39.3 Å². The molecule has 23 heavy (non-hydrogen) atoms. The van der Waals surface area contributed by atoms with E-state index in [1.165, 1.54) is 6.92 Å². The van der Waals surface area contributed by atoms with Crippen LogP contribution in [0.3, 0.4) is 0 Å². The van der Waals surface area contributed by atoms with Crippen LogP contribution in [0.5, 0.6) is 0 Å². The highest BCUT2D eigenvalue weighted by molar-refractivity contribution is 5.81. The second-order valence-corrected chi connectivity index (χ2v) is 6.21. The van der Waals surface area contributed by atoms with Gasteiger partial charge >= 0.3 is 0 Å². The van der Waals surface area contributed by atoms with Crippen LogP contribution in [-0.4, -0.2) is 34.5 Å². The first-order chi connectivity index (χ1) is 10.9. The smallest absolute Gasteiger partial charge is 0.223 e. The van der Waals surface area contributed by atoms with E-state index in [-0.39, 0.29) is 36.7 Å². The average molecular weight is 316 g/mol. The summed E-state index contributed by atoms with van der Waals surface area (Å²) in [6, 6.07) is 7.43. The predicted octanol–water partition coefficient (Wildman–Crippen LogP) is 2.08. The molecule has 2 amide bonds. The first-order valence-corrected chi connectivity index (χ1v) is 7.91. The Balaban J connectivity index is 2.10. The van der Waals surface area contributed by atoms with Crippen LogP contribution in [0.4, 0.5) is 0 Å². The summed E-state index contributed by atoms with van der Waals surface area (Å²) in [6.45, 7) is 5.51. The number of hydrogen-bond donors (Lipinski definition) is 2. The van der Waals surface area contributed by atoms with Crippen molar-refractivity contribution in [3.05, 3.63) is 41.6 Å². The van der Waals surface area contributed by atoms with Gasteiger partial charge in [-0.2, -0.15) is 0 Å². The molecule has 1 aromatic carbocycles. The lowest BCUT2D eigenvalue weighted by Gasteiger charge is -2.32. The SMILES string of the molecule is CC(=O)N1C=Cc2ccccc2C1CC(=O)NCC(O)C(C)C. The van der Waals surface area contributed by atoms with Crippen LogP contribution in [0, 0.1) is 5.92 Å². The van der Waals surface area contributed by atoms with Crippen molar-refractivity contribution in [2.24, 2.45) is 5.92 Å². The molecule has 1 heterocycles. The maximum Gasteiger partial charge on any atom is 0.223 e. The van der Waals surface area contributed by atoms with Crippen LogP contribution in [0.2, 0.25) is 0 Å². The van der Waals surface area contributed by atoms with Crippen molar-refractivity contribution < 1.29 is 14.7 Å². The van der Waals surface area contributed by atoms with Crippen molar-refractivity contribution in [3.63, 3.8) is 0 Å². The molecule has 0 saturated carbocycles. The second kappa shape index (κ2) is 7.42. The van der Waals surface area contributed by atoms with E-state index in [1.807, 2.05) is 44.2 Å². The number of nitrogens with one attached hydrogen (secondary N) is 1. The Labute approximate surface area is 137 Å². The fraction of sp³-hybridized carbons (Fsp3) is 0.444. The molecule has 2 unspecified atom stereocenters. The maximum atomic E-state index is 12.2. The first kappa shape index (κ1) is 17.2. The van der Waals surface area contributed by atoms with Gasteiger partial charge in [0, 0.05) is 19.7 Å². The lowest BCUT2D eigenvalue weighted by Crippen LogP contribution is -2.38. The van der Waals surface area contributed by atoms with Crippen LogP contribution < -0.4 is 5.32 Å². The summed E-state index contributed by atoms with van der Waals surface area (Å²) in [4.78, 5) is 25.7. The van der Waals surface area contributed by atoms with Gasteiger partial charge in [-0.3, -0.25) is 9.59 Å². The average Bonchev–Trinajstić information content (AvgIpc) is 2.52. The zero-order chi connectivity index (χ0) is 17.0. The van der Waals surface area contributed by atoms with Crippen LogP contribution >= 0.6 is 0 Å². The standard InChI is InChI=1S/C18H24N2O3/c1-12(2)17(22)11-19-18(23)10-16-15-7-5-4-6-14(15)8-9-20(16)13(3)21/h4-9,12,16-17,22H,10-11H2,1-3H3,(H,19,23). The number of carbonyl (C=O) groups excluding carboxylic acids is 2. The third-order valence-corrected chi connectivity index (χ3v) is 4.13. The van der Waals surface area contributed by atoms with Gasteiger partial charge in [-0.1, -0.05) is 38.1 Å². The van der Waals surface area contributed by atoms with E-state index in [0.29, 0.717) is 0 Å². The van der Waals surface area contributed by atoms with Gasteiger partial charge in [-0.15, -0.1) is 0 Å². The van der Waals surface area contributed by atoms with E-state index in [1.54, 1.807) is 11.1 Å². The summed E-state index contributed by atoms with van der Waals surface area (Å²) >= 11 is 0.